The Hall–Kier alpha value is -0.870. The average Bonchev–Trinajstić information content (AvgIpc) is 2.71. The van der Waals surface area contributed by atoms with E-state index in [2.05, 4.69) is 11.4 Å². The number of nitrogens with two attached hydrogens (primary N) is 1. The van der Waals surface area contributed by atoms with Gasteiger partial charge in [-0.25, -0.2) is 0 Å². The van der Waals surface area contributed by atoms with Crippen LogP contribution >= 0.6 is 0 Å². The van der Waals surface area contributed by atoms with Crippen molar-refractivity contribution in [1.82, 2.24) is 5.32 Å². The van der Waals surface area contributed by atoms with E-state index in [-0.39, 0.29) is 12.5 Å². The number of hydrogen-bond donors (Lipinski definition) is 2. The van der Waals surface area contributed by atoms with Gasteiger partial charge in [-0.3, -0.25) is 4.79 Å². The first-order valence-electron chi connectivity index (χ1n) is 5.55. The maximum absolute atomic E-state index is 11.2. The van der Waals surface area contributed by atoms with Crippen molar-refractivity contribution in [1.29, 1.82) is 0 Å². The van der Waals surface area contributed by atoms with Crippen molar-refractivity contribution in [3.8, 4) is 0 Å². The van der Waals surface area contributed by atoms with Gasteiger partial charge in [0, 0.05) is 13.1 Å². The van der Waals surface area contributed by atoms with E-state index in [1.165, 1.54) is 24.8 Å². The lowest BCUT2D eigenvalue weighted by atomic mass is 10.2. The van der Waals surface area contributed by atoms with Gasteiger partial charge in [-0.15, -0.1) is 0 Å². The van der Waals surface area contributed by atoms with Gasteiger partial charge < -0.3 is 15.8 Å². The Labute approximate surface area is 90.9 Å². The summed E-state index contributed by atoms with van der Waals surface area (Å²) in [5, 5.41) is 2.82. The second-order valence-electron chi connectivity index (χ2n) is 3.70. The van der Waals surface area contributed by atoms with Gasteiger partial charge in [0.05, 0.1) is 6.61 Å². The van der Waals surface area contributed by atoms with Crippen molar-refractivity contribution in [3.63, 3.8) is 0 Å². The Kier molecular flexibility index (Phi) is 6.04. The highest BCUT2D eigenvalue weighted by Crippen LogP contribution is 2.19. The summed E-state index contributed by atoms with van der Waals surface area (Å²) in [7, 11) is 0. The minimum atomic E-state index is -0.0537. The Bertz CT molecular complexity index is 227. The van der Waals surface area contributed by atoms with Crippen LogP contribution in [0.15, 0.2) is 11.6 Å². The molecule has 4 nitrogen and oxygen atoms in total. The summed E-state index contributed by atoms with van der Waals surface area (Å²) < 4.78 is 5.02. The van der Waals surface area contributed by atoms with Gasteiger partial charge >= 0.3 is 0 Å². The van der Waals surface area contributed by atoms with Gasteiger partial charge in [0.2, 0.25) is 5.91 Å². The standard InChI is InChI=1S/C11H20N2O2/c12-6-8-15-9-11(14)13-7-5-10-3-1-2-4-10/h3H,1-2,4-9,12H2,(H,13,14). The molecule has 0 unspecified atom stereocenters. The predicted octanol–water partition coefficient (Wildman–Crippen LogP) is 0.578. The fraction of sp³-hybridized carbons (Fsp3) is 0.727. The summed E-state index contributed by atoms with van der Waals surface area (Å²) in [5.74, 6) is -0.0537. The molecule has 3 N–H and O–H groups in total. The molecule has 0 bridgehead atoms. The fourth-order valence-corrected chi connectivity index (χ4v) is 1.63. The zero-order valence-corrected chi connectivity index (χ0v) is 9.13. The molecule has 0 heterocycles. The van der Waals surface area contributed by atoms with Crippen molar-refractivity contribution >= 4 is 5.91 Å². The number of amides is 1. The maximum Gasteiger partial charge on any atom is 0.246 e. The Morgan fingerprint density at radius 1 is 1.60 bits per heavy atom. The van der Waals surface area contributed by atoms with Crippen LogP contribution in [0.4, 0.5) is 0 Å². The smallest absolute Gasteiger partial charge is 0.246 e. The molecule has 86 valence electrons. The van der Waals surface area contributed by atoms with Gasteiger partial charge in [-0.05, 0) is 25.7 Å². The normalized spacial score (nSPS) is 15.1. The van der Waals surface area contributed by atoms with Crippen LogP contribution in [-0.4, -0.2) is 32.2 Å². The van der Waals surface area contributed by atoms with Crippen molar-refractivity contribution in [2.75, 3.05) is 26.3 Å². The van der Waals surface area contributed by atoms with Crippen LogP contribution in [0.1, 0.15) is 25.7 Å². The molecule has 0 aromatic rings. The molecule has 0 aromatic heterocycles. The van der Waals surface area contributed by atoms with Crippen LogP contribution in [0, 0.1) is 0 Å². The number of rotatable bonds is 7. The highest BCUT2D eigenvalue weighted by molar-refractivity contribution is 5.77. The van der Waals surface area contributed by atoms with Crippen LogP contribution in [0.3, 0.4) is 0 Å². The van der Waals surface area contributed by atoms with Crippen LogP contribution in [0.25, 0.3) is 0 Å². The summed E-state index contributed by atoms with van der Waals surface area (Å²) in [5.41, 5.74) is 6.70. The minimum Gasteiger partial charge on any atom is -0.370 e. The molecule has 0 atom stereocenters. The molecule has 0 fully saturated rings. The average molecular weight is 212 g/mol. The molecular weight excluding hydrogens is 192 g/mol. The third kappa shape index (κ3) is 5.54. The predicted molar refractivity (Wildman–Crippen MR) is 59.4 cm³/mol. The monoisotopic (exact) mass is 212 g/mol. The van der Waals surface area contributed by atoms with Crippen LogP contribution in [0.2, 0.25) is 0 Å². The van der Waals surface area contributed by atoms with Gasteiger partial charge in [0.15, 0.2) is 0 Å². The van der Waals surface area contributed by atoms with Crippen LogP contribution < -0.4 is 11.1 Å². The first-order valence-corrected chi connectivity index (χ1v) is 5.55. The van der Waals surface area contributed by atoms with E-state index in [1.807, 2.05) is 0 Å². The summed E-state index contributed by atoms with van der Waals surface area (Å²) >= 11 is 0. The molecule has 1 aliphatic carbocycles. The third-order valence-electron chi connectivity index (χ3n) is 2.40. The largest absolute Gasteiger partial charge is 0.370 e. The number of carbonyl (C=O) groups is 1. The van der Waals surface area contributed by atoms with Crippen molar-refractivity contribution in [2.45, 2.75) is 25.7 Å². The van der Waals surface area contributed by atoms with Crippen LogP contribution in [0.5, 0.6) is 0 Å². The highest BCUT2D eigenvalue weighted by atomic mass is 16.5. The molecule has 4 heteroatoms. The molecule has 0 saturated carbocycles. The fourth-order valence-electron chi connectivity index (χ4n) is 1.63. The van der Waals surface area contributed by atoms with E-state index in [0.717, 1.165) is 13.0 Å². The van der Waals surface area contributed by atoms with E-state index in [9.17, 15) is 4.79 Å². The van der Waals surface area contributed by atoms with Crippen molar-refractivity contribution in [3.05, 3.63) is 11.6 Å². The van der Waals surface area contributed by atoms with E-state index in [0.29, 0.717) is 13.2 Å². The Balaban J connectivity index is 1.96. The van der Waals surface area contributed by atoms with Gasteiger partial charge in [0.1, 0.15) is 6.61 Å². The van der Waals surface area contributed by atoms with E-state index >= 15 is 0 Å². The maximum atomic E-state index is 11.2. The number of nitrogens with one attached hydrogen (secondary N) is 1. The molecule has 0 radical (unpaired) electrons. The second-order valence-corrected chi connectivity index (χ2v) is 3.70. The topological polar surface area (TPSA) is 64.3 Å². The molecule has 0 aliphatic heterocycles. The van der Waals surface area contributed by atoms with Gasteiger partial charge in [0.25, 0.3) is 0 Å². The van der Waals surface area contributed by atoms with Gasteiger partial charge in [-0.2, -0.15) is 0 Å². The Morgan fingerprint density at radius 2 is 2.47 bits per heavy atom. The zero-order valence-electron chi connectivity index (χ0n) is 9.13. The van der Waals surface area contributed by atoms with E-state index in [4.69, 9.17) is 10.5 Å². The quantitative estimate of drug-likeness (QED) is 0.479. The van der Waals surface area contributed by atoms with E-state index < -0.39 is 0 Å². The number of ether oxygens (including phenoxy) is 1. The summed E-state index contributed by atoms with van der Waals surface area (Å²) in [6, 6.07) is 0. The third-order valence-corrected chi connectivity index (χ3v) is 2.40. The second kappa shape index (κ2) is 7.43. The Morgan fingerprint density at radius 3 is 3.13 bits per heavy atom. The minimum absolute atomic E-state index is 0.0537. The lowest BCUT2D eigenvalue weighted by molar-refractivity contribution is -0.125. The molecule has 0 aromatic carbocycles. The molecule has 15 heavy (non-hydrogen) atoms. The first kappa shape index (κ1) is 12.2. The number of allylic oxidation sites excluding steroid dienone is 1. The lowest BCUT2D eigenvalue weighted by Crippen LogP contribution is -2.29. The zero-order chi connectivity index (χ0) is 10.9. The number of carbonyl (C=O) groups excluding carboxylic acids is 1. The summed E-state index contributed by atoms with van der Waals surface area (Å²) in [6.45, 7) is 1.74. The highest BCUT2D eigenvalue weighted by Gasteiger charge is 2.05. The molecule has 0 spiro atoms. The van der Waals surface area contributed by atoms with E-state index in [1.54, 1.807) is 0 Å². The molecule has 1 rings (SSSR count). The number of hydrogen-bond acceptors (Lipinski definition) is 3. The summed E-state index contributed by atoms with van der Waals surface area (Å²) in [6.07, 6.45) is 6.91. The lowest BCUT2D eigenvalue weighted by Gasteiger charge is -2.06. The van der Waals surface area contributed by atoms with Crippen molar-refractivity contribution in [2.24, 2.45) is 5.73 Å². The molecule has 0 saturated heterocycles. The van der Waals surface area contributed by atoms with Crippen LogP contribution in [-0.2, 0) is 9.53 Å². The molecular formula is C11H20N2O2. The molecule has 1 aliphatic rings. The SMILES string of the molecule is NCCOCC(=O)NCCC1=CCCC1. The van der Waals surface area contributed by atoms with Crippen molar-refractivity contribution < 1.29 is 9.53 Å². The first-order chi connectivity index (χ1) is 7.33. The van der Waals surface area contributed by atoms with Gasteiger partial charge in [-0.1, -0.05) is 11.6 Å². The summed E-state index contributed by atoms with van der Waals surface area (Å²) in [4.78, 5) is 11.2. The molecule has 1 amide bonds.